The summed E-state index contributed by atoms with van der Waals surface area (Å²) in [4.78, 5) is 12.2. The Hall–Kier alpha value is -1.46. The lowest BCUT2D eigenvalue weighted by Crippen LogP contribution is -2.01. The van der Waals surface area contributed by atoms with Gasteiger partial charge in [0.1, 0.15) is 5.75 Å². The van der Waals surface area contributed by atoms with E-state index in [0.29, 0.717) is 17.4 Å². The number of hydrogen-bond acceptors (Lipinski definition) is 3. The first-order valence-electron chi connectivity index (χ1n) is 7.34. The van der Waals surface area contributed by atoms with Crippen LogP contribution in [0.3, 0.4) is 0 Å². The van der Waals surface area contributed by atoms with Gasteiger partial charge in [0.25, 0.3) is 0 Å². The zero-order valence-electron chi connectivity index (χ0n) is 13.1. The fourth-order valence-electron chi connectivity index (χ4n) is 2.13. The second-order valence-electron chi connectivity index (χ2n) is 5.24. The Morgan fingerprint density at radius 2 is 1.83 bits per heavy atom. The minimum atomic E-state index is -0.891. The van der Waals surface area contributed by atoms with Crippen LogP contribution in [0.5, 0.6) is 5.75 Å². The summed E-state index contributed by atoms with van der Waals surface area (Å²) in [6, 6.07) is 13.3. The van der Waals surface area contributed by atoms with Gasteiger partial charge >= 0.3 is 5.97 Å². The molecule has 23 heavy (non-hydrogen) atoms. The Balaban J connectivity index is 2.30. The molecule has 0 fully saturated rings. The average molecular weight is 395 g/mol. The van der Waals surface area contributed by atoms with Crippen LogP contribution in [0.4, 0.5) is 0 Å². The highest BCUT2D eigenvalue weighted by molar-refractivity contribution is 9.09. The van der Waals surface area contributed by atoms with E-state index in [1.807, 2.05) is 36.4 Å². The molecule has 0 aliphatic carbocycles. The second kappa shape index (κ2) is 8.41. The van der Waals surface area contributed by atoms with E-state index >= 15 is 0 Å². The molecule has 0 aliphatic heterocycles. The van der Waals surface area contributed by atoms with Crippen LogP contribution in [0.1, 0.15) is 24.2 Å². The van der Waals surface area contributed by atoms with E-state index in [0.717, 1.165) is 27.1 Å². The first kappa shape index (κ1) is 17.9. The summed E-state index contributed by atoms with van der Waals surface area (Å²) in [5, 5.41) is 10.4. The predicted molar refractivity (Wildman–Crippen MR) is 99.1 cm³/mol. The van der Waals surface area contributed by atoms with Gasteiger partial charge in [0.05, 0.1) is 12.2 Å². The average Bonchev–Trinajstić information content (AvgIpc) is 2.52. The predicted octanol–water partition coefficient (Wildman–Crippen LogP) is 5.33. The highest BCUT2D eigenvalue weighted by Gasteiger charge is 2.13. The Morgan fingerprint density at radius 3 is 2.39 bits per heavy atom. The summed E-state index contributed by atoms with van der Waals surface area (Å²) < 4.78 is 5.54. The molecule has 0 saturated carbocycles. The number of hydrogen-bond donors (Lipinski definition) is 1. The van der Waals surface area contributed by atoms with Crippen molar-refractivity contribution in [2.75, 3.05) is 11.9 Å². The Morgan fingerprint density at radius 1 is 1.17 bits per heavy atom. The number of carboxylic acids is 1. The Labute approximate surface area is 149 Å². The number of alkyl halides is 1. The summed E-state index contributed by atoms with van der Waals surface area (Å²) in [6.45, 7) is 4.74. The Bertz CT molecular complexity index is 668. The molecule has 0 spiro atoms. The molecule has 0 heterocycles. The first-order valence-corrected chi connectivity index (χ1v) is 9.34. The molecule has 3 nitrogen and oxygen atoms in total. The van der Waals surface area contributed by atoms with Crippen molar-refractivity contribution in [3.8, 4) is 16.9 Å². The summed E-state index contributed by atoms with van der Waals surface area (Å²) in [5.74, 6) is -0.0645. The molecule has 2 aromatic rings. The van der Waals surface area contributed by atoms with Crippen molar-refractivity contribution in [2.45, 2.75) is 24.0 Å². The molecule has 0 bridgehead atoms. The van der Waals surface area contributed by atoms with Crippen LogP contribution < -0.4 is 4.74 Å². The number of thioether (sulfide) groups is 1. The molecule has 5 heteroatoms. The number of aromatic carboxylic acids is 1. The largest absolute Gasteiger partial charge is 0.493 e. The molecular formula is C18H19BrO3S. The minimum Gasteiger partial charge on any atom is -0.493 e. The maximum atomic E-state index is 11.4. The molecule has 0 atom stereocenters. The topological polar surface area (TPSA) is 46.5 Å². The standard InChI is InChI=1S/C18H19BrO3S/c1-12(2)23-17-11-14(5-8-16(17)18(20)21)13-3-6-15(7-4-13)22-10-9-19/h3-8,11-12H,9-10H2,1-2H3,(H,20,21). The third kappa shape index (κ3) is 5.01. The zero-order chi connectivity index (χ0) is 16.8. The summed E-state index contributed by atoms with van der Waals surface area (Å²) >= 11 is 4.89. The molecule has 2 rings (SSSR count). The van der Waals surface area contributed by atoms with Gasteiger partial charge in [-0.05, 0) is 35.4 Å². The molecule has 0 amide bonds. The Kier molecular flexibility index (Phi) is 6.54. The van der Waals surface area contributed by atoms with E-state index in [4.69, 9.17) is 4.74 Å². The quantitative estimate of drug-likeness (QED) is 0.509. The molecule has 0 saturated heterocycles. The third-order valence-electron chi connectivity index (χ3n) is 3.11. The van der Waals surface area contributed by atoms with Crippen molar-refractivity contribution >= 4 is 33.7 Å². The number of rotatable bonds is 7. The van der Waals surface area contributed by atoms with E-state index in [-0.39, 0.29) is 0 Å². The second-order valence-corrected chi connectivity index (χ2v) is 7.66. The van der Waals surface area contributed by atoms with Crippen molar-refractivity contribution in [2.24, 2.45) is 0 Å². The van der Waals surface area contributed by atoms with Gasteiger partial charge in [-0.1, -0.05) is 48.0 Å². The van der Waals surface area contributed by atoms with Gasteiger partial charge in [0, 0.05) is 15.5 Å². The lowest BCUT2D eigenvalue weighted by atomic mass is 10.0. The van der Waals surface area contributed by atoms with Crippen LogP contribution in [0.25, 0.3) is 11.1 Å². The van der Waals surface area contributed by atoms with Crippen LogP contribution >= 0.6 is 27.7 Å². The van der Waals surface area contributed by atoms with E-state index in [9.17, 15) is 9.90 Å². The van der Waals surface area contributed by atoms with E-state index in [2.05, 4.69) is 29.8 Å². The molecule has 2 aromatic carbocycles. The van der Waals surface area contributed by atoms with Gasteiger partial charge in [0.15, 0.2) is 0 Å². The number of carboxylic acid groups (broad SMARTS) is 1. The normalized spacial score (nSPS) is 10.8. The maximum absolute atomic E-state index is 11.4. The fourth-order valence-corrected chi connectivity index (χ4v) is 3.28. The molecule has 0 unspecified atom stereocenters. The molecule has 0 radical (unpaired) electrons. The van der Waals surface area contributed by atoms with Crippen LogP contribution in [-0.2, 0) is 0 Å². The number of benzene rings is 2. The van der Waals surface area contributed by atoms with Crippen molar-refractivity contribution in [3.63, 3.8) is 0 Å². The van der Waals surface area contributed by atoms with Crippen molar-refractivity contribution in [1.29, 1.82) is 0 Å². The number of carbonyl (C=O) groups is 1. The van der Waals surface area contributed by atoms with Crippen LogP contribution in [-0.4, -0.2) is 28.3 Å². The van der Waals surface area contributed by atoms with Gasteiger partial charge < -0.3 is 9.84 Å². The molecule has 0 aliphatic rings. The third-order valence-corrected chi connectivity index (χ3v) is 4.50. The maximum Gasteiger partial charge on any atom is 0.336 e. The van der Waals surface area contributed by atoms with Crippen molar-refractivity contribution in [3.05, 3.63) is 48.0 Å². The van der Waals surface area contributed by atoms with E-state index in [1.165, 1.54) is 0 Å². The van der Waals surface area contributed by atoms with Crippen molar-refractivity contribution < 1.29 is 14.6 Å². The highest BCUT2D eigenvalue weighted by atomic mass is 79.9. The molecule has 122 valence electrons. The van der Waals surface area contributed by atoms with Crippen LogP contribution in [0.2, 0.25) is 0 Å². The number of ether oxygens (including phenoxy) is 1. The van der Waals surface area contributed by atoms with Gasteiger partial charge in [-0.3, -0.25) is 0 Å². The van der Waals surface area contributed by atoms with Gasteiger partial charge in [-0.25, -0.2) is 4.79 Å². The van der Waals surface area contributed by atoms with Gasteiger partial charge in [0.2, 0.25) is 0 Å². The van der Waals surface area contributed by atoms with Crippen molar-refractivity contribution in [1.82, 2.24) is 0 Å². The molecule has 1 N–H and O–H groups in total. The van der Waals surface area contributed by atoms with E-state index in [1.54, 1.807) is 17.8 Å². The summed E-state index contributed by atoms with van der Waals surface area (Å²) in [7, 11) is 0. The van der Waals surface area contributed by atoms with Crippen LogP contribution in [0.15, 0.2) is 47.4 Å². The summed E-state index contributed by atoms with van der Waals surface area (Å²) in [5.41, 5.74) is 2.40. The lowest BCUT2D eigenvalue weighted by molar-refractivity contribution is 0.0693. The first-order chi connectivity index (χ1) is 11.0. The zero-order valence-corrected chi connectivity index (χ0v) is 15.5. The smallest absolute Gasteiger partial charge is 0.336 e. The summed E-state index contributed by atoms with van der Waals surface area (Å²) in [6.07, 6.45) is 0. The monoisotopic (exact) mass is 394 g/mol. The van der Waals surface area contributed by atoms with Gasteiger partial charge in [-0.15, -0.1) is 11.8 Å². The molecular weight excluding hydrogens is 376 g/mol. The fraction of sp³-hybridized carbons (Fsp3) is 0.278. The highest BCUT2D eigenvalue weighted by Crippen LogP contribution is 2.32. The SMILES string of the molecule is CC(C)Sc1cc(-c2ccc(OCCBr)cc2)ccc1C(=O)O. The minimum absolute atomic E-state index is 0.323. The number of halogens is 1. The molecule has 0 aromatic heterocycles. The van der Waals surface area contributed by atoms with Crippen LogP contribution in [0, 0.1) is 0 Å². The van der Waals surface area contributed by atoms with Gasteiger partial charge in [-0.2, -0.15) is 0 Å². The lowest BCUT2D eigenvalue weighted by Gasteiger charge is -2.11. The van der Waals surface area contributed by atoms with E-state index < -0.39 is 5.97 Å².